The number of nitrogens with zero attached hydrogens (tertiary/aromatic N) is 2. The number of rotatable bonds is 8. The lowest BCUT2D eigenvalue weighted by molar-refractivity contribution is -0.130. The van der Waals surface area contributed by atoms with Crippen molar-refractivity contribution in [2.24, 2.45) is 0 Å². The molecule has 6 nitrogen and oxygen atoms in total. The molecule has 144 valence electrons. The Bertz CT molecular complexity index is 652. The predicted molar refractivity (Wildman–Crippen MR) is 104 cm³/mol. The van der Waals surface area contributed by atoms with E-state index < -0.39 is 0 Å². The zero-order valence-corrected chi connectivity index (χ0v) is 17.0. The molecular formula is C19H28N2O4S. The van der Waals surface area contributed by atoms with Crippen molar-refractivity contribution in [3.8, 4) is 11.5 Å². The summed E-state index contributed by atoms with van der Waals surface area (Å²) < 4.78 is 10.7. The van der Waals surface area contributed by atoms with Gasteiger partial charge in [-0.15, -0.1) is 11.8 Å². The van der Waals surface area contributed by atoms with E-state index in [0.717, 1.165) is 12.0 Å². The fourth-order valence-electron chi connectivity index (χ4n) is 3.04. The van der Waals surface area contributed by atoms with E-state index in [2.05, 4.69) is 0 Å². The number of carbonyl (C=O) groups is 2. The zero-order chi connectivity index (χ0) is 19.3. The second-order valence-electron chi connectivity index (χ2n) is 6.30. The molecule has 0 unspecified atom stereocenters. The maximum atomic E-state index is 12.6. The van der Waals surface area contributed by atoms with Crippen LogP contribution in [0.1, 0.15) is 37.6 Å². The van der Waals surface area contributed by atoms with Crippen LogP contribution in [-0.2, 0) is 9.59 Å². The van der Waals surface area contributed by atoms with Crippen molar-refractivity contribution < 1.29 is 19.1 Å². The van der Waals surface area contributed by atoms with Gasteiger partial charge in [-0.05, 0) is 31.0 Å². The van der Waals surface area contributed by atoms with Gasteiger partial charge in [0.25, 0.3) is 0 Å². The molecule has 0 saturated carbocycles. The van der Waals surface area contributed by atoms with Gasteiger partial charge in [0.05, 0.1) is 19.5 Å². The summed E-state index contributed by atoms with van der Waals surface area (Å²) in [6.45, 7) is 5.06. The minimum Gasteiger partial charge on any atom is -0.493 e. The van der Waals surface area contributed by atoms with Crippen LogP contribution in [0.4, 0.5) is 0 Å². The second kappa shape index (κ2) is 9.16. The number of benzene rings is 1. The second-order valence-corrected chi connectivity index (χ2v) is 7.72. The van der Waals surface area contributed by atoms with E-state index in [-0.39, 0.29) is 22.4 Å². The predicted octanol–water partition coefficient (Wildman–Crippen LogP) is 2.92. The first kappa shape index (κ1) is 20.4. The van der Waals surface area contributed by atoms with Crippen molar-refractivity contribution in [1.82, 2.24) is 9.80 Å². The Hall–Kier alpha value is -1.89. The number of hydrogen-bond donors (Lipinski definition) is 0. The highest BCUT2D eigenvalue weighted by Gasteiger charge is 2.38. The van der Waals surface area contributed by atoms with Crippen molar-refractivity contribution >= 4 is 23.6 Å². The lowest BCUT2D eigenvalue weighted by Crippen LogP contribution is -2.34. The Morgan fingerprint density at radius 2 is 1.96 bits per heavy atom. The molecule has 0 aromatic heterocycles. The van der Waals surface area contributed by atoms with Crippen molar-refractivity contribution in [2.75, 3.05) is 34.4 Å². The SMILES string of the molecule is CCC(=O)N(C)CCCN1C(=O)[C@@H](C)S[C@H]1c1ccc(OC)c(OC)c1. The van der Waals surface area contributed by atoms with E-state index in [1.165, 1.54) is 0 Å². The third kappa shape index (κ3) is 4.44. The molecule has 0 aliphatic carbocycles. The highest BCUT2D eigenvalue weighted by atomic mass is 32.2. The van der Waals surface area contributed by atoms with Gasteiger partial charge >= 0.3 is 0 Å². The van der Waals surface area contributed by atoms with E-state index in [9.17, 15) is 9.59 Å². The Morgan fingerprint density at radius 1 is 1.27 bits per heavy atom. The van der Waals surface area contributed by atoms with Gasteiger partial charge in [-0.2, -0.15) is 0 Å². The van der Waals surface area contributed by atoms with Gasteiger partial charge in [-0.1, -0.05) is 13.0 Å². The molecule has 7 heteroatoms. The molecular weight excluding hydrogens is 352 g/mol. The van der Waals surface area contributed by atoms with Crippen LogP contribution in [0.3, 0.4) is 0 Å². The molecule has 0 spiro atoms. The van der Waals surface area contributed by atoms with Crippen LogP contribution in [0.15, 0.2) is 18.2 Å². The first-order valence-corrected chi connectivity index (χ1v) is 9.79. The molecule has 0 bridgehead atoms. The number of thioether (sulfide) groups is 1. The average molecular weight is 381 g/mol. The van der Waals surface area contributed by atoms with Crippen LogP contribution in [0.2, 0.25) is 0 Å². The topological polar surface area (TPSA) is 59.1 Å². The van der Waals surface area contributed by atoms with Crippen molar-refractivity contribution in [3.63, 3.8) is 0 Å². The monoisotopic (exact) mass is 380 g/mol. The summed E-state index contributed by atoms with van der Waals surface area (Å²) in [7, 11) is 5.02. The van der Waals surface area contributed by atoms with Crippen LogP contribution in [0.25, 0.3) is 0 Å². The molecule has 2 atom stereocenters. The summed E-state index contributed by atoms with van der Waals surface area (Å²) in [5.74, 6) is 1.59. The standard InChI is InChI=1S/C19H28N2O4S/c1-6-17(22)20(3)10-7-11-21-18(23)13(2)26-19(21)14-8-9-15(24-4)16(12-14)25-5/h8-9,12-13,19H,6-7,10-11H2,1-5H3/t13-,19+/m1/s1. The van der Waals surface area contributed by atoms with E-state index in [1.54, 1.807) is 37.9 Å². The number of carbonyl (C=O) groups excluding carboxylic acids is 2. The van der Waals surface area contributed by atoms with Crippen LogP contribution in [0.5, 0.6) is 11.5 Å². The first-order valence-electron chi connectivity index (χ1n) is 8.84. The van der Waals surface area contributed by atoms with E-state index in [0.29, 0.717) is 31.0 Å². The molecule has 0 N–H and O–H groups in total. The van der Waals surface area contributed by atoms with Crippen molar-refractivity contribution in [3.05, 3.63) is 23.8 Å². The number of amides is 2. The Balaban J connectivity index is 2.11. The van der Waals surface area contributed by atoms with Gasteiger partial charge in [0.1, 0.15) is 5.37 Å². The molecule has 2 amide bonds. The molecule has 1 saturated heterocycles. The molecule has 1 fully saturated rings. The third-order valence-corrected chi connectivity index (χ3v) is 5.95. The van der Waals surface area contributed by atoms with E-state index >= 15 is 0 Å². The zero-order valence-electron chi connectivity index (χ0n) is 16.2. The van der Waals surface area contributed by atoms with Crippen LogP contribution >= 0.6 is 11.8 Å². The summed E-state index contributed by atoms with van der Waals surface area (Å²) in [5.41, 5.74) is 1.02. The van der Waals surface area contributed by atoms with Crippen LogP contribution in [0, 0.1) is 0 Å². The van der Waals surface area contributed by atoms with Gasteiger partial charge in [0.2, 0.25) is 11.8 Å². The maximum Gasteiger partial charge on any atom is 0.236 e. The summed E-state index contributed by atoms with van der Waals surface area (Å²) in [6, 6.07) is 5.78. The van der Waals surface area contributed by atoms with Gasteiger partial charge in [-0.3, -0.25) is 9.59 Å². The summed E-state index contributed by atoms with van der Waals surface area (Å²) in [6.07, 6.45) is 1.26. The number of ether oxygens (including phenoxy) is 2. The maximum absolute atomic E-state index is 12.6. The lowest BCUT2D eigenvalue weighted by atomic mass is 10.1. The Morgan fingerprint density at radius 3 is 2.58 bits per heavy atom. The molecule has 26 heavy (non-hydrogen) atoms. The quantitative estimate of drug-likeness (QED) is 0.694. The number of methoxy groups -OCH3 is 2. The lowest BCUT2D eigenvalue weighted by Gasteiger charge is -2.26. The van der Waals surface area contributed by atoms with Crippen molar-refractivity contribution in [1.29, 1.82) is 0 Å². The van der Waals surface area contributed by atoms with E-state index in [1.807, 2.05) is 36.9 Å². The van der Waals surface area contributed by atoms with E-state index in [4.69, 9.17) is 9.47 Å². The van der Waals surface area contributed by atoms with Gasteiger partial charge < -0.3 is 19.3 Å². The molecule has 1 aliphatic rings. The highest BCUT2D eigenvalue weighted by Crippen LogP contribution is 2.44. The van der Waals surface area contributed by atoms with Gasteiger partial charge in [-0.25, -0.2) is 0 Å². The number of hydrogen-bond acceptors (Lipinski definition) is 5. The van der Waals surface area contributed by atoms with Gasteiger partial charge in [0.15, 0.2) is 11.5 Å². The third-order valence-electron chi connectivity index (χ3n) is 4.56. The summed E-state index contributed by atoms with van der Waals surface area (Å²) in [4.78, 5) is 27.9. The molecule has 1 heterocycles. The summed E-state index contributed by atoms with van der Waals surface area (Å²) in [5, 5.41) is -0.132. The minimum absolute atomic E-state index is 0.0514. The van der Waals surface area contributed by atoms with Crippen LogP contribution in [-0.4, -0.2) is 61.2 Å². The molecule has 1 aromatic carbocycles. The molecule has 0 radical (unpaired) electrons. The Kier molecular flexibility index (Phi) is 7.20. The fraction of sp³-hybridized carbons (Fsp3) is 0.579. The molecule has 2 rings (SSSR count). The largest absolute Gasteiger partial charge is 0.493 e. The minimum atomic E-state index is -0.0805. The van der Waals surface area contributed by atoms with Crippen molar-refractivity contribution in [2.45, 2.75) is 37.3 Å². The highest BCUT2D eigenvalue weighted by molar-refractivity contribution is 8.01. The fourth-order valence-corrected chi connectivity index (χ4v) is 4.34. The smallest absolute Gasteiger partial charge is 0.236 e. The first-order chi connectivity index (χ1) is 12.4. The molecule has 1 aromatic rings. The normalized spacial score (nSPS) is 19.6. The Labute approximate surface area is 159 Å². The van der Waals surface area contributed by atoms with Crippen LogP contribution < -0.4 is 9.47 Å². The van der Waals surface area contributed by atoms with Gasteiger partial charge in [0, 0.05) is 26.6 Å². The summed E-state index contributed by atoms with van der Waals surface area (Å²) >= 11 is 1.64. The average Bonchev–Trinajstić information content (AvgIpc) is 2.94. The molecule has 1 aliphatic heterocycles.